The van der Waals surface area contributed by atoms with Crippen molar-refractivity contribution in [1.29, 1.82) is 5.26 Å². The fourth-order valence-corrected chi connectivity index (χ4v) is 3.05. The van der Waals surface area contributed by atoms with Gasteiger partial charge in [-0.2, -0.15) is 17.0 Å². The number of hydrogen-bond acceptors (Lipinski definition) is 3. The molecule has 0 spiro atoms. The quantitative estimate of drug-likeness (QED) is 0.909. The smallest absolute Gasteiger partial charge is 0.224 e. The molecule has 1 atom stereocenters. The number of benzene rings is 1. The van der Waals surface area contributed by atoms with Gasteiger partial charge in [0.15, 0.2) is 0 Å². The number of amides is 1. The predicted molar refractivity (Wildman–Crippen MR) is 68.4 cm³/mol. The van der Waals surface area contributed by atoms with Crippen LogP contribution in [0.4, 0.5) is 4.39 Å². The highest BCUT2D eigenvalue weighted by Crippen LogP contribution is 2.23. The summed E-state index contributed by atoms with van der Waals surface area (Å²) in [6.07, 6.45) is 0.895. The highest BCUT2D eigenvalue weighted by molar-refractivity contribution is 7.99. The van der Waals surface area contributed by atoms with Crippen molar-refractivity contribution in [2.24, 2.45) is 5.92 Å². The van der Waals surface area contributed by atoms with E-state index < -0.39 is 5.82 Å². The molecule has 18 heavy (non-hydrogen) atoms. The molecule has 0 saturated carbocycles. The van der Waals surface area contributed by atoms with Crippen molar-refractivity contribution in [3.63, 3.8) is 0 Å². The van der Waals surface area contributed by atoms with Crippen LogP contribution in [0.2, 0.25) is 0 Å². The Morgan fingerprint density at radius 3 is 3.06 bits per heavy atom. The molecule has 1 aromatic rings. The van der Waals surface area contributed by atoms with Crippen molar-refractivity contribution < 1.29 is 9.18 Å². The van der Waals surface area contributed by atoms with Crippen LogP contribution in [-0.4, -0.2) is 17.4 Å². The van der Waals surface area contributed by atoms with Gasteiger partial charge in [0.2, 0.25) is 5.91 Å². The standard InChI is InChI=1S/C13H13FN2OS/c14-12-5-9(6-15)1-2-10(12)7-16-13(17)11-3-4-18-8-11/h1-2,5,11H,3-4,7-8H2,(H,16,17). The number of carbonyl (C=O) groups excluding carboxylic acids is 1. The fourth-order valence-electron chi connectivity index (χ4n) is 1.83. The van der Waals surface area contributed by atoms with E-state index in [-0.39, 0.29) is 23.9 Å². The minimum Gasteiger partial charge on any atom is -0.352 e. The summed E-state index contributed by atoms with van der Waals surface area (Å²) in [7, 11) is 0. The maximum atomic E-state index is 13.6. The minimum atomic E-state index is -0.449. The van der Waals surface area contributed by atoms with Crippen molar-refractivity contribution in [2.45, 2.75) is 13.0 Å². The molecule has 3 nitrogen and oxygen atoms in total. The van der Waals surface area contributed by atoms with E-state index >= 15 is 0 Å². The first-order valence-corrected chi connectivity index (χ1v) is 6.90. The van der Waals surface area contributed by atoms with Crippen molar-refractivity contribution >= 4 is 17.7 Å². The molecule has 1 amide bonds. The lowest BCUT2D eigenvalue weighted by atomic mass is 10.1. The maximum Gasteiger partial charge on any atom is 0.224 e. The number of nitrogens with zero attached hydrogens (tertiary/aromatic N) is 1. The summed E-state index contributed by atoms with van der Waals surface area (Å²) in [6.45, 7) is 0.178. The Morgan fingerprint density at radius 1 is 1.61 bits per heavy atom. The average molecular weight is 264 g/mol. The van der Waals surface area contributed by atoms with Gasteiger partial charge in [0.05, 0.1) is 11.6 Å². The van der Waals surface area contributed by atoms with E-state index in [1.165, 1.54) is 12.1 Å². The summed E-state index contributed by atoms with van der Waals surface area (Å²) < 4.78 is 13.6. The summed E-state index contributed by atoms with van der Waals surface area (Å²) in [5, 5.41) is 11.4. The van der Waals surface area contributed by atoms with Gasteiger partial charge in [-0.25, -0.2) is 4.39 Å². The Kier molecular flexibility index (Phi) is 4.21. The Bertz CT molecular complexity index is 492. The van der Waals surface area contributed by atoms with Crippen molar-refractivity contribution in [1.82, 2.24) is 5.32 Å². The Balaban J connectivity index is 1.94. The van der Waals surface area contributed by atoms with Gasteiger partial charge in [0.1, 0.15) is 5.82 Å². The van der Waals surface area contributed by atoms with Gasteiger partial charge in [-0.3, -0.25) is 4.79 Å². The average Bonchev–Trinajstić information content (AvgIpc) is 2.90. The third-order valence-corrected chi connectivity index (χ3v) is 4.10. The normalized spacial score (nSPS) is 18.3. The number of nitriles is 1. The first kappa shape index (κ1) is 12.9. The largest absolute Gasteiger partial charge is 0.352 e. The van der Waals surface area contributed by atoms with Crippen LogP contribution in [0.25, 0.3) is 0 Å². The summed E-state index contributed by atoms with van der Waals surface area (Å²) in [5.74, 6) is 1.46. The summed E-state index contributed by atoms with van der Waals surface area (Å²) in [6, 6.07) is 6.15. The van der Waals surface area contributed by atoms with Crippen LogP contribution in [0.1, 0.15) is 17.5 Å². The van der Waals surface area contributed by atoms with E-state index in [0.717, 1.165) is 17.9 Å². The number of carbonyl (C=O) groups is 1. The zero-order valence-corrected chi connectivity index (χ0v) is 10.6. The SMILES string of the molecule is N#Cc1ccc(CNC(=O)C2CCSC2)c(F)c1. The van der Waals surface area contributed by atoms with Crippen LogP contribution in [0.5, 0.6) is 0 Å². The molecule has 1 aromatic carbocycles. The zero-order chi connectivity index (χ0) is 13.0. The van der Waals surface area contributed by atoms with Gasteiger partial charge in [0.25, 0.3) is 0 Å². The van der Waals surface area contributed by atoms with Gasteiger partial charge in [0, 0.05) is 23.8 Å². The van der Waals surface area contributed by atoms with Crippen LogP contribution in [0.15, 0.2) is 18.2 Å². The molecule has 1 saturated heterocycles. The zero-order valence-electron chi connectivity index (χ0n) is 9.78. The lowest BCUT2D eigenvalue weighted by Crippen LogP contribution is -2.30. The third-order valence-electron chi connectivity index (χ3n) is 2.94. The lowest BCUT2D eigenvalue weighted by molar-refractivity contribution is -0.124. The second kappa shape index (κ2) is 5.87. The van der Waals surface area contributed by atoms with E-state index in [1.807, 2.05) is 6.07 Å². The van der Waals surface area contributed by atoms with Crippen LogP contribution >= 0.6 is 11.8 Å². The Labute approximate surface area is 109 Å². The maximum absolute atomic E-state index is 13.6. The third kappa shape index (κ3) is 3.02. The molecule has 0 radical (unpaired) electrons. The van der Waals surface area contributed by atoms with Gasteiger partial charge in [-0.15, -0.1) is 0 Å². The van der Waals surface area contributed by atoms with E-state index in [1.54, 1.807) is 17.8 Å². The fraction of sp³-hybridized carbons (Fsp3) is 0.385. The topological polar surface area (TPSA) is 52.9 Å². The van der Waals surface area contributed by atoms with Gasteiger partial charge >= 0.3 is 0 Å². The summed E-state index contributed by atoms with van der Waals surface area (Å²) >= 11 is 1.77. The van der Waals surface area contributed by atoms with Crippen LogP contribution in [0.3, 0.4) is 0 Å². The number of nitrogens with one attached hydrogen (secondary N) is 1. The molecular weight excluding hydrogens is 251 g/mol. The number of thioether (sulfide) groups is 1. The van der Waals surface area contributed by atoms with E-state index in [4.69, 9.17) is 5.26 Å². The van der Waals surface area contributed by atoms with Crippen molar-refractivity contribution in [3.05, 3.63) is 35.1 Å². The highest BCUT2D eigenvalue weighted by atomic mass is 32.2. The molecule has 0 aliphatic carbocycles. The molecule has 0 bridgehead atoms. The van der Waals surface area contributed by atoms with Crippen molar-refractivity contribution in [3.8, 4) is 6.07 Å². The molecule has 0 aromatic heterocycles. The second-order valence-corrected chi connectivity index (χ2v) is 5.35. The Hall–Kier alpha value is -1.54. The molecular formula is C13H13FN2OS. The van der Waals surface area contributed by atoms with E-state index in [2.05, 4.69) is 5.32 Å². The highest BCUT2D eigenvalue weighted by Gasteiger charge is 2.22. The van der Waals surface area contributed by atoms with Gasteiger partial charge < -0.3 is 5.32 Å². The predicted octanol–water partition coefficient (Wildman–Crippen LogP) is 2.07. The monoisotopic (exact) mass is 264 g/mol. The van der Waals surface area contributed by atoms with Gasteiger partial charge in [-0.05, 0) is 24.3 Å². The Morgan fingerprint density at radius 2 is 2.44 bits per heavy atom. The summed E-state index contributed by atoms with van der Waals surface area (Å²) in [5.41, 5.74) is 0.697. The first-order valence-electron chi connectivity index (χ1n) is 5.74. The molecule has 94 valence electrons. The van der Waals surface area contributed by atoms with E-state index in [9.17, 15) is 9.18 Å². The molecule has 1 aliphatic rings. The first-order chi connectivity index (χ1) is 8.70. The van der Waals surface area contributed by atoms with Crippen molar-refractivity contribution in [2.75, 3.05) is 11.5 Å². The lowest BCUT2D eigenvalue weighted by Gasteiger charge is -2.10. The van der Waals surface area contributed by atoms with Crippen LogP contribution in [-0.2, 0) is 11.3 Å². The molecule has 2 rings (SSSR count). The molecule has 1 unspecified atom stereocenters. The number of hydrogen-bond donors (Lipinski definition) is 1. The van der Waals surface area contributed by atoms with Gasteiger partial charge in [-0.1, -0.05) is 6.07 Å². The van der Waals surface area contributed by atoms with E-state index in [0.29, 0.717) is 5.56 Å². The van der Waals surface area contributed by atoms with Crippen LogP contribution < -0.4 is 5.32 Å². The summed E-state index contributed by atoms with van der Waals surface area (Å²) in [4.78, 5) is 11.8. The molecule has 1 aliphatic heterocycles. The minimum absolute atomic E-state index is 0.0104. The second-order valence-electron chi connectivity index (χ2n) is 4.20. The molecule has 5 heteroatoms. The molecule has 1 fully saturated rings. The van der Waals surface area contributed by atoms with Crippen LogP contribution in [0, 0.1) is 23.1 Å². The molecule has 1 heterocycles. The number of halogens is 1. The molecule has 1 N–H and O–H groups in total. The number of rotatable bonds is 3.